The first-order valence-corrected chi connectivity index (χ1v) is 5.80. The number of H-pyrrole nitrogens is 1. The van der Waals surface area contributed by atoms with Crippen molar-refractivity contribution < 1.29 is 17.2 Å². The summed E-state index contributed by atoms with van der Waals surface area (Å²) in [6, 6.07) is 0.600. The number of nitrogens with two attached hydrogens (primary N) is 1. The topological polar surface area (TPSA) is 93.0 Å². The number of halogens is 3. The molecular weight excluding hydrogens is 254 g/mol. The van der Waals surface area contributed by atoms with Gasteiger partial charge in [-0.25, -0.2) is 17.2 Å². The molecule has 84 valence electrons. The molecule has 5 nitrogen and oxygen atoms in total. The lowest BCUT2D eigenvalue weighted by atomic mass is 10.3. The normalized spacial score (nSPS) is 12.0. The molecule has 0 spiro atoms. The molecule has 1 aromatic heterocycles. The van der Waals surface area contributed by atoms with Crippen molar-refractivity contribution in [2.24, 2.45) is 0 Å². The highest BCUT2D eigenvalue weighted by atomic mass is 35.7. The number of hydrogen-bond donors (Lipinski definition) is 2. The molecule has 0 fully saturated rings. The lowest BCUT2D eigenvalue weighted by Gasteiger charge is -2.05. The van der Waals surface area contributed by atoms with Gasteiger partial charge in [0.25, 0.3) is 21.0 Å². The van der Waals surface area contributed by atoms with E-state index in [9.17, 15) is 22.0 Å². The first kappa shape index (κ1) is 11.9. The third-order valence-corrected chi connectivity index (χ3v) is 2.91. The average molecular weight is 259 g/mol. The molecule has 0 aliphatic rings. The molecule has 3 N–H and O–H groups in total. The van der Waals surface area contributed by atoms with Crippen LogP contribution in [0.25, 0.3) is 0 Å². The monoisotopic (exact) mass is 258 g/mol. The average Bonchev–Trinajstić information content (AvgIpc) is 2.06. The Hall–Kier alpha value is -1.15. The zero-order valence-corrected chi connectivity index (χ0v) is 8.57. The fraction of sp³-hybridized carbons (Fsp3) is 0.167. The van der Waals surface area contributed by atoms with Gasteiger partial charge in [-0.3, -0.25) is 4.79 Å². The molecule has 0 unspecified atom stereocenters. The molecule has 0 atom stereocenters. The molecule has 0 aromatic carbocycles. The van der Waals surface area contributed by atoms with Gasteiger partial charge in [0.1, 0.15) is 10.6 Å². The van der Waals surface area contributed by atoms with Crippen molar-refractivity contribution >= 4 is 25.4 Å². The van der Waals surface area contributed by atoms with Gasteiger partial charge in [-0.2, -0.15) is 0 Å². The molecule has 9 heteroatoms. The van der Waals surface area contributed by atoms with E-state index in [1.807, 2.05) is 0 Å². The van der Waals surface area contributed by atoms with Crippen molar-refractivity contribution in [3.63, 3.8) is 0 Å². The quantitative estimate of drug-likeness (QED) is 0.768. The Bertz CT molecular complexity index is 540. The van der Waals surface area contributed by atoms with Crippen molar-refractivity contribution in [1.29, 1.82) is 0 Å². The van der Waals surface area contributed by atoms with Crippen molar-refractivity contribution in [3.8, 4) is 0 Å². The minimum Gasteiger partial charge on any atom is -0.394 e. The summed E-state index contributed by atoms with van der Waals surface area (Å²) in [5, 5.41) is 0. The van der Waals surface area contributed by atoms with Crippen LogP contribution in [0.1, 0.15) is 12.1 Å². The van der Waals surface area contributed by atoms with Gasteiger partial charge in [-0.05, 0) is 6.07 Å². The Kier molecular flexibility index (Phi) is 3.00. The predicted octanol–water partition coefficient (Wildman–Crippen LogP) is 0.822. The first-order valence-electron chi connectivity index (χ1n) is 3.49. The minimum atomic E-state index is -4.38. The highest BCUT2D eigenvalue weighted by molar-refractivity contribution is 8.13. The van der Waals surface area contributed by atoms with E-state index in [4.69, 9.17) is 16.4 Å². The van der Waals surface area contributed by atoms with Gasteiger partial charge in [-0.15, -0.1) is 0 Å². The predicted molar refractivity (Wildman–Crippen MR) is 49.5 cm³/mol. The third kappa shape index (κ3) is 2.45. The standard InChI is InChI=1S/C6H5ClF2N2O3S/c7-15(13,14)3-1-2(10)6(12)11-4(3)5(8)9/h1,5H,10H2,(H,11,12). The van der Waals surface area contributed by atoms with E-state index in [0.717, 1.165) is 0 Å². The van der Waals surface area contributed by atoms with E-state index >= 15 is 0 Å². The van der Waals surface area contributed by atoms with Crippen LogP contribution in [-0.2, 0) is 9.05 Å². The molecule has 1 aromatic rings. The number of nitrogens with one attached hydrogen (secondary N) is 1. The molecule has 0 radical (unpaired) electrons. The van der Waals surface area contributed by atoms with Crippen molar-refractivity contribution in [3.05, 3.63) is 22.1 Å². The van der Waals surface area contributed by atoms with Crippen LogP contribution in [-0.4, -0.2) is 13.4 Å². The summed E-state index contributed by atoms with van der Waals surface area (Å²) in [5.74, 6) is 0. The second-order valence-corrected chi connectivity index (χ2v) is 5.10. The SMILES string of the molecule is Nc1cc(S(=O)(=O)Cl)c(C(F)F)[nH]c1=O. The van der Waals surface area contributed by atoms with E-state index in [0.29, 0.717) is 6.07 Å². The molecule has 0 amide bonds. The van der Waals surface area contributed by atoms with E-state index in [1.54, 1.807) is 4.98 Å². The number of hydrogen-bond acceptors (Lipinski definition) is 4. The summed E-state index contributed by atoms with van der Waals surface area (Å²) in [5.41, 5.74) is 2.52. The number of rotatable bonds is 2. The van der Waals surface area contributed by atoms with Crippen LogP contribution in [0.3, 0.4) is 0 Å². The number of aromatic nitrogens is 1. The van der Waals surface area contributed by atoms with Crippen LogP contribution in [0, 0.1) is 0 Å². The van der Waals surface area contributed by atoms with Crippen LogP contribution in [0.4, 0.5) is 14.5 Å². The zero-order valence-electron chi connectivity index (χ0n) is 7.00. The molecule has 0 saturated heterocycles. The number of pyridine rings is 1. The number of aromatic amines is 1. The Balaban J connectivity index is 3.64. The van der Waals surface area contributed by atoms with Gasteiger partial charge in [0, 0.05) is 10.7 Å². The highest BCUT2D eigenvalue weighted by Gasteiger charge is 2.23. The highest BCUT2D eigenvalue weighted by Crippen LogP contribution is 2.26. The Morgan fingerprint density at radius 2 is 2.00 bits per heavy atom. The van der Waals surface area contributed by atoms with Crippen LogP contribution >= 0.6 is 10.7 Å². The summed E-state index contributed by atoms with van der Waals surface area (Å²) in [6.07, 6.45) is -3.16. The number of alkyl halides is 2. The largest absolute Gasteiger partial charge is 0.394 e. The lowest BCUT2D eigenvalue weighted by molar-refractivity contribution is 0.142. The second kappa shape index (κ2) is 3.78. The van der Waals surface area contributed by atoms with Gasteiger partial charge in [-0.1, -0.05) is 0 Å². The van der Waals surface area contributed by atoms with Crippen molar-refractivity contribution in [2.75, 3.05) is 5.73 Å². The molecule has 15 heavy (non-hydrogen) atoms. The van der Waals surface area contributed by atoms with Crippen LogP contribution in [0.5, 0.6) is 0 Å². The van der Waals surface area contributed by atoms with E-state index in [-0.39, 0.29) is 0 Å². The smallest absolute Gasteiger partial charge is 0.279 e. The summed E-state index contributed by atoms with van der Waals surface area (Å²) in [4.78, 5) is 11.6. The lowest BCUT2D eigenvalue weighted by Crippen LogP contribution is -2.17. The second-order valence-electron chi connectivity index (χ2n) is 2.57. The minimum absolute atomic E-state index is 0.501. The molecule has 1 heterocycles. The van der Waals surface area contributed by atoms with Crippen LogP contribution in [0.15, 0.2) is 15.8 Å². The Labute approximate surface area is 87.3 Å². The Morgan fingerprint density at radius 3 is 2.40 bits per heavy atom. The van der Waals surface area contributed by atoms with E-state index in [1.165, 1.54) is 0 Å². The van der Waals surface area contributed by atoms with Gasteiger partial charge >= 0.3 is 0 Å². The first-order chi connectivity index (χ1) is 6.73. The molecule has 0 bridgehead atoms. The van der Waals surface area contributed by atoms with Crippen LogP contribution < -0.4 is 11.3 Å². The zero-order chi connectivity index (χ0) is 11.8. The molecule has 0 saturated carbocycles. The summed E-state index contributed by atoms with van der Waals surface area (Å²) in [6.45, 7) is 0. The van der Waals surface area contributed by atoms with E-state index in [2.05, 4.69) is 0 Å². The van der Waals surface area contributed by atoms with Gasteiger partial charge < -0.3 is 10.7 Å². The van der Waals surface area contributed by atoms with Crippen LogP contribution in [0.2, 0.25) is 0 Å². The van der Waals surface area contributed by atoms with Gasteiger partial charge in [0.15, 0.2) is 0 Å². The van der Waals surface area contributed by atoms with E-state index < -0.39 is 37.3 Å². The van der Waals surface area contributed by atoms with Crippen molar-refractivity contribution in [1.82, 2.24) is 4.98 Å². The molecule has 1 rings (SSSR count). The summed E-state index contributed by atoms with van der Waals surface area (Å²) < 4.78 is 46.4. The van der Waals surface area contributed by atoms with Gasteiger partial charge in [0.2, 0.25) is 0 Å². The number of nitrogen functional groups attached to an aromatic ring is 1. The maximum absolute atomic E-state index is 12.3. The van der Waals surface area contributed by atoms with Crippen molar-refractivity contribution in [2.45, 2.75) is 11.3 Å². The fourth-order valence-electron chi connectivity index (χ4n) is 0.904. The number of anilines is 1. The molecule has 0 aliphatic heterocycles. The van der Waals surface area contributed by atoms with Gasteiger partial charge in [0.05, 0.1) is 5.69 Å². The maximum atomic E-state index is 12.3. The molecular formula is C6H5ClF2N2O3S. The molecule has 0 aliphatic carbocycles. The Morgan fingerprint density at radius 1 is 1.47 bits per heavy atom. The fourth-order valence-corrected chi connectivity index (χ4v) is 1.96. The summed E-state index contributed by atoms with van der Waals surface area (Å²) in [7, 11) is 0.518. The third-order valence-electron chi connectivity index (χ3n) is 1.54. The maximum Gasteiger partial charge on any atom is 0.279 e. The summed E-state index contributed by atoms with van der Waals surface area (Å²) >= 11 is 0.